The number of aryl methyl sites for hydroxylation is 1. The molecule has 0 aliphatic heterocycles. The van der Waals surface area contributed by atoms with Crippen LogP contribution in [0.25, 0.3) is 22.8 Å². The molecule has 0 saturated carbocycles. The first-order valence-electron chi connectivity index (χ1n) is 12.0. The molecular formula is C27H29ClF3N3O3. The third kappa shape index (κ3) is 6.97. The lowest BCUT2D eigenvalue weighted by Crippen LogP contribution is -2.39. The van der Waals surface area contributed by atoms with Crippen LogP contribution in [0.4, 0.5) is 13.2 Å². The van der Waals surface area contributed by atoms with Crippen molar-refractivity contribution in [2.45, 2.75) is 65.7 Å². The highest BCUT2D eigenvalue weighted by Crippen LogP contribution is 2.39. The zero-order valence-corrected chi connectivity index (χ0v) is 21.8. The lowest BCUT2D eigenvalue weighted by atomic mass is 9.84. The van der Waals surface area contributed by atoms with Crippen LogP contribution < -0.4 is 10.4 Å². The molecule has 2 aromatic carbocycles. The summed E-state index contributed by atoms with van der Waals surface area (Å²) in [5, 5.41) is 0.277. The molecule has 0 aliphatic carbocycles. The number of ether oxygens (including phenoxy) is 1. The largest absolute Gasteiger partial charge is 0.491 e. The molecule has 0 saturated heterocycles. The molecular weight excluding hydrogens is 507 g/mol. The summed E-state index contributed by atoms with van der Waals surface area (Å²) in [5.74, 6) is 0.107. The minimum absolute atomic E-state index is 0.0718. The van der Waals surface area contributed by atoms with Gasteiger partial charge in [-0.05, 0) is 75.6 Å². The van der Waals surface area contributed by atoms with Crippen LogP contribution in [-0.4, -0.2) is 33.0 Å². The van der Waals surface area contributed by atoms with Crippen molar-refractivity contribution in [3.63, 3.8) is 0 Å². The summed E-state index contributed by atoms with van der Waals surface area (Å²) in [6.07, 6.45) is -2.86. The van der Waals surface area contributed by atoms with Crippen molar-refractivity contribution in [2.75, 3.05) is 0 Å². The highest BCUT2D eigenvalue weighted by atomic mass is 35.5. The molecule has 0 fully saturated rings. The monoisotopic (exact) mass is 535 g/mol. The van der Waals surface area contributed by atoms with Gasteiger partial charge >= 0.3 is 11.9 Å². The van der Waals surface area contributed by atoms with Crippen molar-refractivity contribution in [3.05, 3.63) is 63.5 Å². The lowest BCUT2D eigenvalue weighted by Gasteiger charge is -2.26. The molecule has 0 spiro atoms. The van der Waals surface area contributed by atoms with Gasteiger partial charge in [-0.1, -0.05) is 31.0 Å². The Labute approximate surface area is 218 Å². The summed E-state index contributed by atoms with van der Waals surface area (Å²) in [7, 11) is 0. The second kappa shape index (κ2) is 11.5. The van der Waals surface area contributed by atoms with E-state index >= 15 is 0 Å². The Morgan fingerprint density at radius 3 is 2.41 bits per heavy atom. The van der Waals surface area contributed by atoms with E-state index in [1.54, 1.807) is 42.5 Å². The molecule has 10 heteroatoms. The smallest absolute Gasteiger partial charge is 0.400 e. The van der Waals surface area contributed by atoms with Gasteiger partial charge in [0.25, 0.3) is 0 Å². The van der Waals surface area contributed by atoms with Crippen molar-refractivity contribution in [3.8, 4) is 28.5 Å². The van der Waals surface area contributed by atoms with E-state index in [2.05, 4.69) is 21.9 Å². The molecule has 3 aromatic rings. The number of rotatable bonds is 10. The molecule has 1 atom stereocenters. The van der Waals surface area contributed by atoms with Crippen LogP contribution in [0.5, 0.6) is 5.75 Å². The first-order chi connectivity index (χ1) is 17.3. The Kier molecular flexibility index (Phi) is 8.79. The summed E-state index contributed by atoms with van der Waals surface area (Å²) in [6, 6.07) is 11.8. The van der Waals surface area contributed by atoms with E-state index in [1.807, 2.05) is 6.92 Å². The highest BCUT2D eigenvalue weighted by Gasteiger charge is 2.51. The third-order valence-electron chi connectivity index (χ3n) is 6.13. The van der Waals surface area contributed by atoms with Gasteiger partial charge in [-0.25, -0.2) is 9.78 Å². The average molecular weight is 536 g/mol. The molecule has 6 nitrogen and oxygen atoms in total. The van der Waals surface area contributed by atoms with E-state index in [1.165, 1.54) is 0 Å². The van der Waals surface area contributed by atoms with E-state index in [9.17, 15) is 22.8 Å². The Bertz CT molecular complexity index is 1300. The Morgan fingerprint density at radius 1 is 1.11 bits per heavy atom. The first kappa shape index (κ1) is 28.4. The van der Waals surface area contributed by atoms with Crippen molar-refractivity contribution < 1.29 is 22.7 Å². The number of benzene rings is 2. The van der Waals surface area contributed by atoms with Crippen molar-refractivity contribution in [2.24, 2.45) is 5.41 Å². The van der Waals surface area contributed by atoms with Gasteiger partial charge < -0.3 is 4.74 Å². The van der Waals surface area contributed by atoms with Gasteiger partial charge in [0.05, 0.1) is 11.1 Å². The molecule has 0 radical (unpaired) electrons. The summed E-state index contributed by atoms with van der Waals surface area (Å²) < 4.78 is 45.4. The molecule has 0 amide bonds. The molecule has 0 bridgehead atoms. The maximum Gasteiger partial charge on any atom is 0.400 e. The normalized spacial score (nSPS) is 12.9. The number of carbonyl (C=O) groups is 1. The summed E-state index contributed by atoms with van der Waals surface area (Å²) in [4.78, 5) is 35.5. The van der Waals surface area contributed by atoms with Crippen molar-refractivity contribution in [1.82, 2.24) is 15.0 Å². The molecule has 37 heavy (non-hydrogen) atoms. The fraction of sp³-hybridized carbons (Fsp3) is 0.407. The summed E-state index contributed by atoms with van der Waals surface area (Å²) >= 11 is 6.36. The minimum atomic E-state index is -4.63. The number of carbonyl (C=O) groups excluding carboxylic acids is 1. The highest BCUT2D eigenvalue weighted by molar-refractivity contribution is 6.33. The second-order valence-corrected chi connectivity index (χ2v) is 9.83. The standard InChI is InChI=1S/C27H29ClF3N3O3/c1-5-6-16(2)37-19-11-9-18(10-12-19)23-32-24(34-25(36)33-23)20-15-17(7-13-21(20)28)8-14-22(35)26(3,4)27(29,30)31/h7,9-13,15-16H,5-6,8,14H2,1-4H3,(H,32,33,34,36)/t16-/m0/s1. The number of halogens is 4. The number of aromatic amines is 1. The van der Waals surface area contributed by atoms with Gasteiger partial charge in [0.2, 0.25) is 0 Å². The molecule has 3 rings (SSSR count). The number of alkyl halides is 3. The van der Waals surface area contributed by atoms with Crippen LogP contribution in [0.15, 0.2) is 47.3 Å². The van der Waals surface area contributed by atoms with Crippen LogP contribution in [0.1, 0.15) is 52.5 Å². The van der Waals surface area contributed by atoms with Crippen LogP contribution in [0.3, 0.4) is 0 Å². The van der Waals surface area contributed by atoms with Gasteiger partial charge in [-0.3, -0.25) is 9.78 Å². The number of ketones is 1. The average Bonchev–Trinajstić information content (AvgIpc) is 2.82. The number of hydrogen-bond donors (Lipinski definition) is 1. The fourth-order valence-electron chi connectivity index (χ4n) is 3.66. The second-order valence-electron chi connectivity index (χ2n) is 9.43. The molecule has 198 valence electrons. The summed E-state index contributed by atoms with van der Waals surface area (Å²) in [6.45, 7) is 5.83. The molecule has 1 heterocycles. The minimum Gasteiger partial charge on any atom is -0.491 e. The molecule has 0 aliphatic rings. The Balaban J connectivity index is 1.84. The zero-order valence-electron chi connectivity index (χ0n) is 21.1. The van der Waals surface area contributed by atoms with Crippen molar-refractivity contribution in [1.29, 1.82) is 0 Å². The Morgan fingerprint density at radius 2 is 1.78 bits per heavy atom. The fourth-order valence-corrected chi connectivity index (χ4v) is 3.87. The third-order valence-corrected chi connectivity index (χ3v) is 6.46. The van der Waals surface area contributed by atoms with Crippen LogP contribution in [-0.2, 0) is 11.2 Å². The topological polar surface area (TPSA) is 84.9 Å². The van der Waals surface area contributed by atoms with Crippen molar-refractivity contribution >= 4 is 17.4 Å². The van der Waals surface area contributed by atoms with Gasteiger partial charge in [-0.15, -0.1) is 0 Å². The quantitative estimate of drug-likeness (QED) is 0.308. The van der Waals surface area contributed by atoms with E-state index in [-0.39, 0.29) is 35.6 Å². The van der Waals surface area contributed by atoms with Crippen LogP contribution in [0, 0.1) is 5.41 Å². The van der Waals surface area contributed by atoms with Gasteiger partial charge in [0.15, 0.2) is 5.82 Å². The van der Waals surface area contributed by atoms with Gasteiger partial charge in [0.1, 0.15) is 22.8 Å². The van der Waals surface area contributed by atoms with Gasteiger partial charge in [0, 0.05) is 17.5 Å². The van der Waals surface area contributed by atoms with E-state index in [0.717, 1.165) is 26.7 Å². The zero-order chi connectivity index (χ0) is 27.4. The number of nitrogens with zero attached hydrogens (tertiary/aromatic N) is 2. The lowest BCUT2D eigenvalue weighted by molar-refractivity contribution is -0.210. The number of hydrogen-bond acceptors (Lipinski definition) is 5. The predicted octanol–water partition coefficient (Wildman–Crippen LogP) is 6.81. The number of nitrogens with one attached hydrogen (secondary N) is 1. The van der Waals surface area contributed by atoms with Gasteiger partial charge in [-0.2, -0.15) is 18.2 Å². The SMILES string of the molecule is CCC[C@H](C)Oc1ccc(-c2nc(-c3cc(CCC(=O)C(C)(C)C(F)(F)F)ccc3Cl)[nH]c(=O)n2)cc1. The van der Waals surface area contributed by atoms with E-state index in [4.69, 9.17) is 16.3 Å². The van der Waals surface area contributed by atoms with E-state index in [0.29, 0.717) is 22.4 Å². The number of aromatic nitrogens is 3. The number of H-pyrrole nitrogens is 1. The van der Waals surface area contributed by atoms with Crippen LogP contribution in [0.2, 0.25) is 5.02 Å². The number of Topliss-reactive ketones (excluding diaryl/α,β-unsaturated/α-hetero) is 1. The van der Waals surface area contributed by atoms with Crippen LogP contribution >= 0.6 is 11.6 Å². The first-order valence-corrected chi connectivity index (χ1v) is 12.3. The Hall–Kier alpha value is -3.20. The molecule has 0 unspecified atom stereocenters. The molecule has 1 N–H and O–H groups in total. The van der Waals surface area contributed by atoms with E-state index < -0.39 is 23.1 Å². The maximum atomic E-state index is 13.2. The predicted molar refractivity (Wildman–Crippen MR) is 137 cm³/mol. The summed E-state index contributed by atoms with van der Waals surface area (Å²) in [5.41, 5.74) is -1.54. The maximum absolute atomic E-state index is 13.2. The molecule has 1 aromatic heterocycles.